The predicted octanol–water partition coefficient (Wildman–Crippen LogP) is 1.93. The van der Waals surface area contributed by atoms with Gasteiger partial charge in [-0.2, -0.15) is 5.10 Å². The molecule has 3 heterocycles. The molecule has 1 aliphatic heterocycles. The van der Waals surface area contributed by atoms with Crippen molar-refractivity contribution in [1.82, 2.24) is 24.6 Å². The van der Waals surface area contributed by atoms with Gasteiger partial charge in [0.2, 0.25) is 5.95 Å². The lowest BCUT2D eigenvalue weighted by Gasteiger charge is -2.37. The summed E-state index contributed by atoms with van der Waals surface area (Å²) in [6.07, 6.45) is 6.37. The molecule has 0 bridgehead atoms. The van der Waals surface area contributed by atoms with E-state index in [-0.39, 0.29) is 0 Å². The monoisotopic (exact) mass is 314 g/mol. The zero-order valence-electron chi connectivity index (χ0n) is 14.5. The van der Waals surface area contributed by atoms with Crippen molar-refractivity contribution in [3.05, 3.63) is 35.4 Å². The molecule has 0 aromatic carbocycles. The first kappa shape index (κ1) is 15.9. The Labute approximate surface area is 138 Å². The molecule has 1 saturated heterocycles. The number of aromatic nitrogens is 4. The van der Waals surface area contributed by atoms with Crippen molar-refractivity contribution in [2.75, 3.05) is 25.0 Å². The van der Waals surface area contributed by atoms with Crippen LogP contribution in [0, 0.1) is 13.8 Å². The zero-order valence-corrected chi connectivity index (χ0v) is 14.5. The summed E-state index contributed by atoms with van der Waals surface area (Å²) in [5.74, 6) is 0.828. The van der Waals surface area contributed by atoms with Crippen LogP contribution >= 0.6 is 0 Å². The van der Waals surface area contributed by atoms with Gasteiger partial charge in [-0.3, -0.25) is 9.58 Å². The number of aryl methyl sites for hydroxylation is 3. The van der Waals surface area contributed by atoms with Crippen molar-refractivity contribution in [2.45, 2.75) is 39.3 Å². The van der Waals surface area contributed by atoms with Crippen molar-refractivity contribution in [2.24, 2.45) is 7.05 Å². The van der Waals surface area contributed by atoms with Crippen molar-refractivity contribution in [3.63, 3.8) is 0 Å². The van der Waals surface area contributed by atoms with Crippen LogP contribution in [0.3, 0.4) is 0 Å². The molecule has 0 N–H and O–H groups in total. The minimum Gasteiger partial charge on any atom is -0.340 e. The van der Waals surface area contributed by atoms with E-state index in [0.29, 0.717) is 6.04 Å². The maximum Gasteiger partial charge on any atom is 0.225 e. The van der Waals surface area contributed by atoms with E-state index in [9.17, 15) is 0 Å². The maximum absolute atomic E-state index is 4.56. The molecule has 3 rings (SSSR count). The molecule has 6 nitrogen and oxygen atoms in total. The Balaban J connectivity index is 1.67. The van der Waals surface area contributed by atoms with Crippen LogP contribution in [0.5, 0.6) is 0 Å². The van der Waals surface area contributed by atoms with E-state index in [0.717, 1.165) is 37.0 Å². The Morgan fingerprint density at radius 1 is 1.35 bits per heavy atom. The third-order valence-corrected chi connectivity index (χ3v) is 4.64. The number of hydrogen-bond acceptors (Lipinski definition) is 5. The van der Waals surface area contributed by atoms with Crippen LogP contribution in [0.4, 0.5) is 5.95 Å². The fourth-order valence-electron chi connectivity index (χ4n) is 3.30. The number of piperidine rings is 1. The summed E-state index contributed by atoms with van der Waals surface area (Å²) in [6.45, 7) is 7.26. The van der Waals surface area contributed by atoms with Crippen LogP contribution < -0.4 is 4.90 Å². The van der Waals surface area contributed by atoms with Crippen molar-refractivity contribution >= 4 is 5.95 Å². The smallest absolute Gasteiger partial charge is 0.225 e. The molecule has 1 fully saturated rings. The maximum atomic E-state index is 4.56. The van der Waals surface area contributed by atoms with Crippen LogP contribution in [-0.2, 0) is 13.6 Å². The average Bonchev–Trinajstić information content (AvgIpc) is 2.84. The molecular formula is C17H26N6. The summed E-state index contributed by atoms with van der Waals surface area (Å²) in [5.41, 5.74) is 3.47. The number of likely N-dealkylation sites (N-methyl/N-ethyl adjacent to an activating group) is 1. The second-order valence-electron chi connectivity index (χ2n) is 6.55. The highest BCUT2D eigenvalue weighted by Gasteiger charge is 2.25. The summed E-state index contributed by atoms with van der Waals surface area (Å²) in [5, 5.41) is 4.45. The van der Waals surface area contributed by atoms with E-state index in [4.69, 9.17) is 0 Å². The molecule has 0 radical (unpaired) electrons. The Bertz CT molecular complexity index is 665. The lowest BCUT2D eigenvalue weighted by molar-refractivity contribution is 0.197. The Hall–Kier alpha value is -1.95. The topological polar surface area (TPSA) is 50.1 Å². The van der Waals surface area contributed by atoms with Crippen molar-refractivity contribution < 1.29 is 0 Å². The molecule has 1 aliphatic rings. The van der Waals surface area contributed by atoms with E-state index in [1.54, 1.807) is 0 Å². The fourth-order valence-corrected chi connectivity index (χ4v) is 3.30. The number of rotatable bonds is 4. The zero-order chi connectivity index (χ0) is 16.4. The summed E-state index contributed by atoms with van der Waals surface area (Å²) in [6, 6.07) is 2.40. The second-order valence-corrected chi connectivity index (χ2v) is 6.55. The van der Waals surface area contributed by atoms with E-state index in [1.165, 1.54) is 18.4 Å². The van der Waals surface area contributed by atoms with Crippen molar-refractivity contribution in [1.29, 1.82) is 0 Å². The molecule has 2 aromatic rings. The summed E-state index contributed by atoms with van der Waals surface area (Å²) < 4.78 is 1.90. The molecule has 23 heavy (non-hydrogen) atoms. The van der Waals surface area contributed by atoms with E-state index in [2.05, 4.69) is 45.0 Å². The molecule has 0 aliphatic carbocycles. The number of hydrogen-bond donors (Lipinski definition) is 0. The Morgan fingerprint density at radius 2 is 2.17 bits per heavy atom. The molecular weight excluding hydrogens is 288 g/mol. The quantitative estimate of drug-likeness (QED) is 0.863. The molecule has 0 spiro atoms. The normalized spacial score (nSPS) is 19.0. The molecule has 0 amide bonds. The van der Waals surface area contributed by atoms with E-state index >= 15 is 0 Å². The van der Waals surface area contributed by atoms with Crippen LogP contribution in [0.25, 0.3) is 0 Å². The van der Waals surface area contributed by atoms with Gasteiger partial charge in [-0.1, -0.05) is 0 Å². The van der Waals surface area contributed by atoms with Gasteiger partial charge in [0.1, 0.15) is 0 Å². The Kier molecular flexibility index (Phi) is 4.61. The molecule has 2 aromatic heterocycles. The summed E-state index contributed by atoms with van der Waals surface area (Å²) in [4.78, 5) is 13.7. The van der Waals surface area contributed by atoms with Gasteiger partial charge in [0.05, 0.1) is 5.69 Å². The third kappa shape index (κ3) is 3.69. The first-order chi connectivity index (χ1) is 11.0. The van der Waals surface area contributed by atoms with Gasteiger partial charge >= 0.3 is 0 Å². The summed E-state index contributed by atoms with van der Waals surface area (Å²) in [7, 11) is 4.09. The van der Waals surface area contributed by atoms with Crippen molar-refractivity contribution in [3.8, 4) is 0 Å². The van der Waals surface area contributed by atoms with Gasteiger partial charge in [0.25, 0.3) is 0 Å². The first-order valence-electron chi connectivity index (χ1n) is 8.27. The lowest BCUT2D eigenvalue weighted by atomic mass is 10.0. The molecule has 124 valence electrons. The largest absolute Gasteiger partial charge is 0.340 e. The Morgan fingerprint density at radius 3 is 2.87 bits per heavy atom. The molecule has 1 unspecified atom stereocenters. The SMILES string of the molecule is Cc1ccnc(N(C)C2CCCN(Cc3cn(C)nc3C)C2)n1. The minimum atomic E-state index is 0.461. The van der Waals surface area contributed by atoms with Crippen LogP contribution in [0.2, 0.25) is 0 Å². The van der Waals surface area contributed by atoms with Crippen LogP contribution in [0.1, 0.15) is 29.8 Å². The van der Waals surface area contributed by atoms with E-state index < -0.39 is 0 Å². The summed E-state index contributed by atoms with van der Waals surface area (Å²) >= 11 is 0. The number of anilines is 1. The van der Waals surface area contributed by atoms with Gasteiger partial charge in [0, 0.05) is 56.9 Å². The molecule has 1 atom stereocenters. The molecule has 0 saturated carbocycles. The highest BCUT2D eigenvalue weighted by molar-refractivity contribution is 5.31. The third-order valence-electron chi connectivity index (χ3n) is 4.64. The highest BCUT2D eigenvalue weighted by atomic mass is 15.3. The average molecular weight is 314 g/mol. The van der Waals surface area contributed by atoms with Gasteiger partial charge in [-0.25, -0.2) is 9.97 Å². The standard InChI is InChI=1S/C17H26N6/c1-13-7-8-18-17(19-13)22(4)16-6-5-9-23(12-16)11-15-10-21(3)20-14(15)2/h7-8,10,16H,5-6,9,11-12H2,1-4H3. The highest BCUT2D eigenvalue weighted by Crippen LogP contribution is 2.20. The van der Waals surface area contributed by atoms with Gasteiger partial charge in [-0.05, 0) is 39.3 Å². The number of likely N-dealkylation sites (tertiary alicyclic amines) is 1. The molecule has 6 heteroatoms. The van der Waals surface area contributed by atoms with Crippen LogP contribution in [-0.4, -0.2) is 50.8 Å². The van der Waals surface area contributed by atoms with Gasteiger partial charge in [0.15, 0.2) is 0 Å². The van der Waals surface area contributed by atoms with Gasteiger partial charge < -0.3 is 4.90 Å². The lowest BCUT2D eigenvalue weighted by Crippen LogP contribution is -2.46. The predicted molar refractivity (Wildman–Crippen MR) is 91.4 cm³/mol. The fraction of sp³-hybridized carbons (Fsp3) is 0.588. The van der Waals surface area contributed by atoms with E-state index in [1.807, 2.05) is 30.9 Å². The number of nitrogens with zero attached hydrogens (tertiary/aromatic N) is 6. The van der Waals surface area contributed by atoms with Gasteiger partial charge in [-0.15, -0.1) is 0 Å². The van der Waals surface area contributed by atoms with Crippen LogP contribution in [0.15, 0.2) is 18.5 Å². The first-order valence-corrected chi connectivity index (χ1v) is 8.27. The second kappa shape index (κ2) is 6.66. The minimum absolute atomic E-state index is 0.461.